The first kappa shape index (κ1) is 16.8. The molecule has 2 aromatic rings. The molecule has 0 spiro atoms. The van der Waals surface area contributed by atoms with Gasteiger partial charge in [-0.3, -0.25) is 4.79 Å². The largest absolute Gasteiger partial charge is 0.465 e. The highest BCUT2D eigenvalue weighted by molar-refractivity contribution is 6.31. The Morgan fingerprint density at radius 3 is 2.65 bits per heavy atom. The molecule has 2 rings (SSSR count). The van der Waals surface area contributed by atoms with E-state index in [1.165, 1.54) is 7.11 Å². The Kier molecular flexibility index (Phi) is 5.60. The van der Waals surface area contributed by atoms with Gasteiger partial charge in [0, 0.05) is 16.4 Å². The molecule has 1 amide bonds. The van der Waals surface area contributed by atoms with Gasteiger partial charge in [-0.05, 0) is 42.8 Å². The molecular weight excluding hydrogens is 316 g/mol. The molecule has 0 atom stereocenters. The van der Waals surface area contributed by atoms with E-state index < -0.39 is 5.97 Å². The van der Waals surface area contributed by atoms with Gasteiger partial charge in [-0.1, -0.05) is 23.7 Å². The lowest BCUT2D eigenvalue weighted by Crippen LogP contribution is -2.22. The Morgan fingerprint density at radius 1 is 1.17 bits per heavy atom. The summed E-state index contributed by atoms with van der Waals surface area (Å²) >= 11 is 6.02. The van der Waals surface area contributed by atoms with Crippen LogP contribution in [0.15, 0.2) is 42.5 Å². The molecule has 0 heterocycles. The van der Waals surface area contributed by atoms with Gasteiger partial charge < -0.3 is 15.4 Å². The van der Waals surface area contributed by atoms with Crippen LogP contribution in [-0.4, -0.2) is 25.5 Å². The Balaban J connectivity index is 1.97. The van der Waals surface area contributed by atoms with Crippen LogP contribution in [0.3, 0.4) is 0 Å². The van der Waals surface area contributed by atoms with Crippen molar-refractivity contribution in [2.24, 2.45) is 0 Å². The van der Waals surface area contributed by atoms with Crippen molar-refractivity contribution in [3.05, 3.63) is 58.6 Å². The second-order valence-electron chi connectivity index (χ2n) is 4.89. The maximum absolute atomic E-state index is 12.0. The van der Waals surface area contributed by atoms with Crippen molar-refractivity contribution in [3.63, 3.8) is 0 Å². The molecule has 2 N–H and O–H groups in total. The second-order valence-corrected chi connectivity index (χ2v) is 5.29. The van der Waals surface area contributed by atoms with E-state index in [2.05, 4.69) is 15.4 Å². The minimum Gasteiger partial charge on any atom is -0.465 e. The molecule has 0 aromatic heterocycles. The van der Waals surface area contributed by atoms with Crippen molar-refractivity contribution in [2.45, 2.75) is 6.92 Å². The zero-order valence-corrected chi connectivity index (χ0v) is 13.6. The van der Waals surface area contributed by atoms with Crippen molar-refractivity contribution in [2.75, 3.05) is 24.3 Å². The maximum atomic E-state index is 12.0. The minimum atomic E-state index is -0.423. The van der Waals surface area contributed by atoms with Gasteiger partial charge in [0.25, 0.3) is 0 Å². The summed E-state index contributed by atoms with van der Waals surface area (Å²) in [5, 5.41) is 6.36. The Bertz CT molecular complexity index is 732. The number of nitrogens with one attached hydrogen (secondary N) is 2. The van der Waals surface area contributed by atoms with Crippen LogP contribution in [-0.2, 0) is 9.53 Å². The highest BCUT2D eigenvalue weighted by Crippen LogP contribution is 2.22. The summed E-state index contributed by atoms with van der Waals surface area (Å²) in [6, 6.07) is 12.1. The van der Waals surface area contributed by atoms with Crippen molar-refractivity contribution in [1.82, 2.24) is 0 Å². The molecule has 6 heteroatoms. The van der Waals surface area contributed by atoms with E-state index in [9.17, 15) is 9.59 Å². The van der Waals surface area contributed by atoms with Crippen molar-refractivity contribution < 1.29 is 14.3 Å². The van der Waals surface area contributed by atoms with E-state index in [1.807, 2.05) is 6.92 Å². The predicted octanol–water partition coefficient (Wildman–Crippen LogP) is 3.49. The standard InChI is InChI=1S/C17H17ClN2O3/c1-11-14(18)7-4-8-15(11)20-16(21)10-19-13-6-3-5-12(9-13)17(22)23-2/h3-9,19H,10H2,1-2H3,(H,20,21). The summed E-state index contributed by atoms with van der Waals surface area (Å²) in [4.78, 5) is 23.5. The molecule has 120 valence electrons. The fourth-order valence-electron chi connectivity index (χ4n) is 1.99. The smallest absolute Gasteiger partial charge is 0.337 e. The van der Waals surface area contributed by atoms with E-state index in [1.54, 1.807) is 42.5 Å². The number of ether oxygens (including phenoxy) is 1. The highest BCUT2D eigenvalue weighted by atomic mass is 35.5. The van der Waals surface area contributed by atoms with Crippen LogP contribution in [0.1, 0.15) is 15.9 Å². The Morgan fingerprint density at radius 2 is 1.91 bits per heavy atom. The average Bonchev–Trinajstić information content (AvgIpc) is 2.56. The summed E-state index contributed by atoms with van der Waals surface area (Å²) in [5.41, 5.74) is 2.57. The zero-order chi connectivity index (χ0) is 16.8. The number of halogens is 1. The molecule has 2 aromatic carbocycles. The highest BCUT2D eigenvalue weighted by Gasteiger charge is 2.08. The molecule has 0 aliphatic heterocycles. The number of esters is 1. The first-order valence-electron chi connectivity index (χ1n) is 6.98. The molecule has 5 nitrogen and oxygen atoms in total. The lowest BCUT2D eigenvalue weighted by Gasteiger charge is -2.11. The van der Waals surface area contributed by atoms with Crippen molar-refractivity contribution in [3.8, 4) is 0 Å². The van der Waals surface area contributed by atoms with Crippen LogP contribution < -0.4 is 10.6 Å². The van der Waals surface area contributed by atoms with E-state index in [0.29, 0.717) is 22.0 Å². The fraction of sp³-hybridized carbons (Fsp3) is 0.176. The van der Waals surface area contributed by atoms with Crippen LogP contribution in [0.4, 0.5) is 11.4 Å². The van der Waals surface area contributed by atoms with Crippen LogP contribution in [0.5, 0.6) is 0 Å². The van der Waals surface area contributed by atoms with E-state index in [-0.39, 0.29) is 12.5 Å². The molecule has 0 unspecified atom stereocenters. The summed E-state index contributed by atoms with van der Waals surface area (Å²) in [6.45, 7) is 1.90. The molecule has 0 radical (unpaired) electrons. The fourth-order valence-corrected chi connectivity index (χ4v) is 2.17. The first-order chi connectivity index (χ1) is 11.0. The Labute approximate surface area is 139 Å². The predicted molar refractivity (Wildman–Crippen MR) is 91.1 cm³/mol. The minimum absolute atomic E-state index is 0.0661. The van der Waals surface area contributed by atoms with Gasteiger partial charge in [0.1, 0.15) is 0 Å². The monoisotopic (exact) mass is 332 g/mol. The number of amides is 1. The van der Waals surface area contributed by atoms with Crippen molar-refractivity contribution in [1.29, 1.82) is 0 Å². The normalized spacial score (nSPS) is 10.0. The van der Waals surface area contributed by atoms with Gasteiger partial charge in [-0.25, -0.2) is 4.79 Å². The number of methoxy groups -OCH3 is 1. The Hall–Kier alpha value is -2.53. The van der Waals surface area contributed by atoms with Crippen LogP contribution in [0.2, 0.25) is 5.02 Å². The van der Waals surface area contributed by atoms with Gasteiger partial charge in [0.2, 0.25) is 5.91 Å². The van der Waals surface area contributed by atoms with Crippen LogP contribution in [0.25, 0.3) is 0 Å². The third kappa shape index (κ3) is 4.47. The molecule has 0 aliphatic rings. The number of benzene rings is 2. The lowest BCUT2D eigenvalue weighted by molar-refractivity contribution is -0.114. The second kappa shape index (κ2) is 7.65. The summed E-state index contributed by atoms with van der Waals surface area (Å²) in [5.74, 6) is -0.633. The number of hydrogen-bond acceptors (Lipinski definition) is 4. The number of anilines is 2. The third-order valence-corrected chi connectivity index (χ3v) is 3.69. The third-order valence-electron chi connectivity index (χ3n) is 3.28. The van der Waals surface area contributed by atoms with E-state index >= 15 is 0 Å². The topological polar surface area (TPSA) is 67.4 Å². The molecular formula is C17H17ClN2O3. The lowest BCUT2D eigenvalue weighted by atomic mass is 10.2. The number of rotatable bonds is 5. The van der Waals surface area contributed by atoms with E-state index in [0.717, 1.165) is 5.56 Å². The summed E-state index contributed by atoms with van der Waals surface area (Å²) in [7, 11) is 1.32. The molecule has 23 heavy (non-hydrogen) atoms. The SMILES string of the molecule is COC(=O)c1cccc(NCC(=O)Nc2cccc(Cl)c2C)c1. The molecule has 0 aliphatic carbocycles. The van der Waals surface area contributed by atoms with Gasteiger partial charge >= 0.3 is 5.97 Å². The zero-order valence-electron chi connectivity index (χ0n) is 12.9. The first-order valence-corrected chi connectivity index (χ1v) is 7.36. The number of carbonyl (C=O) groups excluding carboxylic acids is 2. The number of hydrogen-bond donors (Lipinski definition) is 2. The quantitative estimate of drug-likeness (QED) is 0.822. The maximum Gasteiger partial charge on any atom is 0.337 e. The molecule has 0 fully saturated rings. The van der Waals surface area contributed by atoms with Crippen LogP contribution >= 0.6 is 11.6 Å². The van der Waals surface area contributed by atoms with E-state index in [4.69, 9.17) is 11.6 Å². The van der Waals surface area contributed by atoms with Gasteiger partial charge in [0.15, 0.2) is 0 Å². The van der Waals surface area contributed by atoms with Crippen LogP contribution in [0, 0.1) is 6.92 Å². The van der Waals surface area contributed by atoms with Gasteiger partial charge in [-0.2, -0.15) is 0 Å². The van der Waals surface area contributed by atoms with Crippen molar-refractivity contribution >= 4 is 34.9 Å². The molecule has 0 saturated heterocycles. The van der Waals surface area contributed by atoms with Gasteiger partial charge in [-0.15, -0.1) is 0 Å². The summed E-state index contributed by atoms with van der Waals surface area (Å²) < 4.78 is 4.66. The molecule has 0 saturated carbocycles. The summed E-state index contributed by atoms with van der Waals surface area (Å²) in [6.07, 6.45) is 0. The molecule has 0 bridgehead atoms. The number of carbonyl (C=O) groups is 2. The van der Waals surface area contributed by atoms with Gasteiger partial charge in [0.05, 0.1) is 19.2 Å². The average molecular weight is 333 g/mol.